The highest BCUT2D eigenvalue weighted by atomic mass is 35.5. The lowest BCUT2D eigenvalue weighted by atomic mass is 10.0. The third-order valence-electron chi connectivity index (χ3n) is 4.36. The lowest BCUT2D eigenvalue weighted by Gasteiger charge is -2.41. The van der Waals surface area contributed by atoms with Crippen LogP contribution in [0.2, 0.25) is 5.02 Å². The highest BCUT2D eigenvalue weighted by molar-refractivity contribution is 6.30. The Labute approximate surface area is 158 Å². The molecule has 1 fully saturated rings. The average molecular weight is 382 g/mol. The topological polar surface area (TPSA) is 79.0 Å². The number of piperazine rings is 1. The molecule has 1 aliphatic heterocycles. The predicted molar refractivity (Wildman–Crippen MR) is 99.2 cm³/mol. The molecule has 3 amide bonds. The molecule has 1 aliphatic rings. The van der Waals surface area contributed by atoms with Gasteiger partial charge in [-0.2, -0.15) is 0 Å². The Hall–Kier alpha value is -2.28. The van der Waals surface area contributed by atoms with E-state index in [4.69, 9.17) is 11.6 Å². The van der Waals surface area contributed by atoms with E-state index in [1.807, 2.05) is 0 Å². The van der Waals surface area contributed by atoms with Crippen molar-refractivity contribution in [2.75, 3.05) is 31.6 Å². The number of unbranched alkanes of at least 4 members (excludes halogenated alkanes) is 1. The molecule has 26 heavy (non-hydrogen) atoms. The summed E-state index contributed by atoms with van der Waals surface area (Å²) in [5.41, 5.74) is 0.765. The molecule has 1 heterocycles. The highest BCUT2D eigenvalue weighted by Crippen LogP contribution is 2.24. The number of alkyl carbamates (subject to hydrolysis) is 1. The van der Waals surface area contributed by atoms with Crippen molar-refractivity contribution in [3.8, 4) is 0 Å². The minimum atomic E-state index is -0.672. The molecule has 0 spiro atoms. The molecular weight excluding hydrogens is 358 g/mol. The fourth-order valence-electron chi connectivity index (χ4n) is 2.94. The summed E-state index contributed by atoms with van der Waals surface area (Å²) in [6.07, 6.45) is 2.06. The molecular formula is C18H24ClN3O4. The third-order valence-corrected chi connectivity index (χ3v) is 4.61. The zero-order valence-electron chi connectivity index (χ0n) is 15.0. The zero-order chi connectivity index (χ0) is 19.1. The summed E-state index contributed by atoms with van der Waals surface area (Å²) in [6, 6.07) is 6.97. The van der Waals surface area contributed by atoms with Gasteiger partial charge in [0.25, 0.3) is 0 Å². The Bertz CT molecular complexity index is 650. The number of nitrogens with one attached hydrogen (secondary N) is 1. The summed E-state index contributed by atoms with van der Waals surface area (Å²) in [5.74, 6) is -0.452. The van der Waals surface area contributed by atoms with E-state index >= 15 is 0 Å². The Morgan fingerprint density at radius 3 is 2.62 bits per heavy atom. The third kappa shape index (κ3) is 5.11. The number of ether oxygens (including phenoxy) is 1. The van der Waals surface area contributed by atoms with Crippen LogP contribution in [-0.4, -0.2) is 55.6 Å². The van der Waals surface area contributed by atoms with E-state index < -0.39 is 6.09 Å². The predicted octanol–water partition coefficient (Wildman–Crippen LogP) is 2.43. The lowest BCUT2D eigenvalue weighted by Crippen LogP contribution is -2.59. The van der Waals surface area contributed by atoms with Gasteiger partial charge in [-0.05, 0) is 30.7 Å². The molecule has 1 N–H and O–H groups in total. The number of carbonyl (C=O) groups excluding carboxylic acids is 3. The van der Waals surface area contributed by atoms with Crippen LogP contribution in [0.5, 0.6) is 0 Å². The Balaban J connectivity index is 2.12. The van der Waals surface area contributed by atoms with Crippen molar-refractivity contribution in [2.45, 2.75) is 32.2 Å². The molecule has 142 valence electrons. The van der Waals surface area contributed by atoms with Crippen molar-refractivity contribution in [3.05, 3.63) is 29.3 Å². The molecule has 0 aliphatic carbocycles. The highest BCUT2D eigenvalue weighted by Gasteiger charge is 2.35. The van der Waals surface area contributed by atoms with Crippen LogP contribution in [0.25, 0.3) is 0 Å². The molecule has 1 aromatic rings. The van der Waals surface area contributed by atoms with Crippen molar-refractivity contribution < 1.29 is 19.1 Å². The Morgan fingerprint density at radius 1 is 1.31 bits per heavy atom. The van der Waals surface area contributed by atoms with Crippen LogP contribution in [0, 0.1) is 0 Å². The summed E-state index contributed by atoms with van der Waals surface area (Å²) < 4.78 is 4.48. The van der Waals surface area contributed by atoms with E-state index in [0.717, 1.165) is 24.9 Å². The second-order valence-electron chi connectivity index (χ2n) is 6.14. The first-order valence-electron chi connectivity index (χ1n) is 8.63. The van der Waals surface area contributed by atoms with E-state index in [0.29, 0.717) is 11.6 Å². The van der Waals surface area contributed by atoms with Gasteiger partial charge >= 0.3 is 6.09 Å². The van der Waals surface area contributed by atoms with Gasteiger partial charge in [-0.25, -0.2) is 4.79 Å². The molecule has 1 saturated heterocycles. The molecule has 7 nitrogen and oxygen atoms in total. The summed E-state index contributed by atoms with van der Waals surface area (Å²) in [7, 11) is 1.23. The van der Waals surface area contributed by atoms with Gasteiger partial charge < -0.3 is 19.9 Å². The molecule has 8 heteroatoms. The number of methoxy groups -OCH3 is 1. The molecule has 0 radical (unpaired) electrons. The number of halogens is 1. The molecule has 0 bridgehead atoms. The van der Waals surface area contributed by atoms with Crippen molar-refractivity contribution in [3.63, 3.8) is 0 Å². The molecule has 1 atom stereocenters. The fraction of sp³-hybridized carbons (Fsp3) is 0.500. The minimum Gasteiger partial charge on any atom is -0.453 e. The van der Waals surface area contributed by atoms with Gasteiger partial charge in [0.05, 0.1) is 13.2 Å². The maximum atomic E-state index is 12.6. The maximum absolute atomic E-state index is 12.6. The van der Waals surface area contributed by atoms with Crippen molar-refractivity contribution in [1.29, 1.82) is 0 Å². The smallest absolute Gasteiger partial charge is 0.407 e. The first-order valence-corrected chi connectivity index (χ1v) is 9.01. The summed E-state index contributed by atoms with van der Waals surface area (Å²) in [4.78, 5) is 39.5. The van der Waals surface area contributed by atoms with E-state index in [9.17, 15) is 14.4 Å². The second kappa shape index (κ2) is 9.43. The first kappa shape index (κ1) is 20.0. The fourth-order valence-corrected chi connectivity index (χ4v) is 3.07. The number of carbonyl (C=O) groups is 3. The number of hydrogen-bond acceptors (Lipinski definition) is 4. The average Bonchev–Trinajstić information content (AvgIpc) is 2.65. The Kier molecular flexibility index (Phi) is 7.26. The Morgan fingerprint density at radius 2 is 2.00 bits per heavy atom. The second-order valence-corrected chi connectivity index (χ2v) is 6.58. The van der Waals surface area contributed by atoms with Crippen LogP contribution < -0.4 is 10.2 Å². The minimum absolute atomic E-state index is 0.0152. The number of amides is 3. The molecule has 0 aromatic heterocycles. The summed E-state index contributed by atoms with van der Waals surface area (Å²) in [5, 5.41) is 2.98. The SMILES string of the molecule is CCCC[C@@H]1CN(c2ccc(Cl)cc2)C(=O)CN1C(=O)CNC(=O)OC. The summed E-state index contributed by atoms with van der Waals surface area (Å²) >= 11 is 5.92. The number of hydrogen-bond donors (Lipinski definition) is 1. The van der Waals surface area contributed by atoms with Gasteiger partial charge in [-0.3, -0.25) is 9.59 Å². The van der Waals surface area contributed by atoms with Crippen molar-refractivity contribution in [1.82, 2.24) is 10.2 Å². The van der Waals surface area contributed by atoms with Gasteiger partial charge in [0, 0.05) is 17.3 Å². The maximum Gasteiger partial charge on any atom is 0.407 e. The van der Waals surface area contributed by atoms with Crippen molar-refractivity contribution >= 4 is 35.2 Å². The van der Waals surface area contributed by atoms with Crippen LogP contribution in [0.15, 0.2) is 24.3 Å². The number of benzene rings is 1. The van der Waals surface area contributed by atoms with Gasteiger partial charge in [0.15, 0.2) is 0 Å². The first-order chi connectivity index (χ1) is 12.5. The molecule has 0 saturated carbocycles. The van der Waals surface area contributed by atoms with Crippen LogP contribution in [-0.2, 0) is 14.3 Å². The van der Waals surface area contributed by atoms with Gasteiger partial charge in [-0.15, -0.1) is 0 Å². The van der Waals surface area contributed by atoms with Crippen LogP contribution >= 0.6 is 11.6 Å². The van der Waals surface area contributed by atoms with Gasteiger partial charge in [-0.1, -0.05) is 31.4 Å². The quantitative estimate of drug-likeness (QED) is 0.820. The van der Waals surface area contributed by atoms with Gasteiger partial charge in [0.1, 0.15) is 13.1 Å². The van der Waals surface area contributed by atoms with Crippen LogP contribution in [0.1, 0.15) is 26.2 Å². The molecule has 0 unspecified atom stereocenters. The largest absolute Gasteiger partial charge is 0.453 e. The monoisotopic (exact) mass is 381 g/mol. The number of anilines is 1. The van der Waals surface area contributed by atoms with E-state index in [2.05, 4.69) is 17.0 Å². The molecule has 2 rings (SSSR count). The van der Waals surface area contributed by atoms with E-state index in [-0.39, 0.29) is 30.9 Å². The van der Waals surface area contributed by atoms with Crippen molar-refractivity contribution in [2.24, 2.45) is 0 Å². The van der Waals surface area contributed by atoms with E-state index in [1.165, 1.54) is 7.11 Å². The summed E-state index contributed by atoms with van der Waals surface area (Å²) in [6.45, 7) is 2.29. The van der Waals surface area contributed by atoms with E-state index in [1.54, 1.807) is 34.1 Å². The number of nitrogens with zero attached hydrogens (tertiary/aromatic N) is 2. The van der Waals surface area contributed by atoms with Gasteiger partial charge in [0.2, 0.25) is 11.8 Å². The number of rotatable bonds is 6. The van der Waals surface area contributed by atoms with Crippen LogP contribution in [0.3, 0.4) is 0 Å². The normalized spacial score (nSPS) is 17.2. The zero-order valence-corrected chi connectivity index (χ0v) is 15.8. The lowest BCUT2D eigenvalue weighted by molar-refractivity contribution is -0.139. The van der Waals surface area contributed by atoms with Crippen LogP contribution in [0.4, 0.5) is 10.5 Å². The standard InChI is InChI=1S/C18H24ClN3O4/c1-3-4-5-15-11-21(14-8-6-13(19)7-9-14)17(24)12-22(15)16(23)10-20-18(25)26-2/h6-9,15H,3-5,10-12H2,1-2H3,(H,20,25)/t15-/m1/s1. The molecule has 1 aromatic carbocycles.